The summed E-state index contributed by atoms with van der Waals surface area (Å²) in [5, 5.41) is 11.6. The number of hydrogen-bond donors (Lipinski definition) is 1. The molecular weight excluding hydrogens is 478 g/mol. The van der Waals surface area contributed by atoms with Crippen LogP contribution in [0.25, 0.3) is 5.76 Å². The Balaban J connectivity index is 1.97. The third-order valence-electron chi connectivity index (χ3n) is 6.32. The second kappa shape index (κ2) is 9.70. The molecule has 7 heteroatoms. The molecule has 0 aromatic heterocycles. The molecule has 1 fully saturated rings. The van der Waals surface area contributed by atoms with Gasteiger partial charge < -0.3 is 14.6 Å². The number of para-hydroxylation sites is 1. The van der Waals surface area contributed by atoms with Crippen molar-refractivity contribution < 1.29 is 24.2 Å². The fraction of sp³-hybridized carbons (Fsp3) is 0.241. The number of ketones is 1. The number of carbonyl (C=O) groups is 2. The average Bonchev–Trinajstić information content (AvgIpc) is 3.13. The van der Waals surface area contributed by atoms with Crippen molar-refractivity contribution >= 4 is 34.7 Å². The molecule has 1 saturated heterocycles. The lowest BCUT2D eigenvalue weighted by Gasteiger charge is -2.27. The number of anilines is 1. The van der Waals surface area contributed by atoms with Crippen LogP contribution < -0.4 is 14.4 Å². The Hall–Kier alpha value is -3.77. The molecule has 1 atom stereocenters. The summed E-state index contributed by atoms with van der Waals surface area (Å²) in [5.41, 5.74) is 2.19. The number of benzene rings is 3. The van der Waals surface area contributed by atoms with E-state index in [2.05, 4.69) is 20.8 Å². The van der Waals surface area contributed by atoms with E-state index >= 15 is 0 Å². The van der Waals surface area contributed by atoms with Gasteiger partial charge >= 0.3 is 0 Å². The summed E-state index contributed by atoms with van der Waals surface area (Å²) in [4.78, 5) is 28.3. The van der Waals surface area contributed by atoms with Gasteiger partial charge in [0.15, 0.2) is 0 Å². The molecule has 3 aromatic rings. The number of rotatable bonds is 5. The molecule has 1 amide bonds. The minimum absolute atomic E-state index is 0.0837. The van der Waals surface area contributed by atoms with Gasteiger partial charge in [0.25, 0.3) is 11.7 Å². The van der Waals surface area contributed by atoms with Crippen LogP contribution in [0, 0.1) is 0 Å². The van der Waals surface area contributed by atoms with Crippen molar-refractivity contribution in [3.8, 4) is 11.5 Å². The van der Waals surface area contributed by atoms with Crippen LogP contribution in [0.3, 0.4) is 0 Å². The van der Waals surface area contributed by atoms with Gasteiger partial charge in [-0.05, 0) is 47.4 Å². The quantitative estimate of drug-likeness (QED) is 0.251. The summed E-state index contributed by atoms with van der Waals surface area (Å²) >= 11 is 6.39. The summed E-state index contributed by atoms with van der Waals surface area (Å²) in [6.45, 7) is 6.29. The van der Waals surface area contributed by atoms with Crippen molar-refractivity contribution in [1.82, 2.24) is 0 Å². The van der Waals surface area contributed by atoms with Crippen molar-refractivity contribution in [2.24, 2.45) is 0 Å². The van der Waals surface area contributed by atoms with Gasteiger partial charge in [-0.3, -0.25) is 14.5 Å². The zero-order chi connectivity index (χ0) is 26.2. The van der Waals surface area contributed by atoms with Gasteiger partial charge in [-0.2, -0.15) is 0 Å². The highest BCUT2D eigenvalue weighted by Crippen LogP contribution is 2.46. The highest BCUT2D eigenvalue weighted by atomic mass is 35.5. The van der Waals surface area contributed by atoms with Crippen LogP contribution in [-0.2, 0) is 15.0 Å². The van der Waals surface area contributed by atoms with Crippen LogP contribution in [0.15, 0.2) is 72.3 Å². The number of methoxy groups -OCH3 is 2. The summed E-state index contributed by atoms with van der Waals surface area (Å²) in [5.74, 6) is -1.04. The van der Waals surface area contributed by atoms with Crippen molar-refractivity contribution in [2.75, 3.05) is 19.1 Å². The van der Waals surface area contributed by atoms with E-state index in [1.165, 1.54) is 25.2 Å². The second-order valence-corrected chi connectivity index (χ2v) is 9.96. The lowest BCUT2D eigenvalue weighted by Crippen LogP contribution is -2.29. The molecule has 36 heavy (non-hydrogen) atoms. The van der Waals surface area contributed by atoms with Gasteiger partial charge in [0.1, 0.15) is 17.3 Å². The molecule has 0 spiro atoms. The van der Waals surface area contributed by atoms with Crippen molar-refractivity contribution in [2.45, 2.75) is 32.2 Å². The normalized spacial score (nSPS) is 17.4. The van der Waals surface area contributed by atoms with Gasteiger partial charge in [0.2, 0.25) is 0 Å². The maximum Gasteiger partial charge on any atom is 0.300 e. The lowest BCUT2D eigenvalue weighted by molar-refractivity contribution is -0.132. The molecule has 0 radical (unpaired) electrons. The smallest absolute Gasteiger partial charge is 0.300 e. The Labute approximate surface area is 215 Å². The zero-order valence-electron chi connectivity index (χ0n) is 20.8. The molecule has 1 heterocycles. The Bertz CT molecular complexity index is 1350. The number of nitrogens with zero attached hydrogens (tertiary/aromatic N) is 1. The summed E-state index contributed by atoms with van der Waals surface area (Å²) in [6, 6.07) is 18.4. The SMILES string of the molecule is COc1ccc(Cl)c(/C(O)=C2\C(=O)C(=O)N(c3ccc(C(C)(C)C)cc3)C2c2ccccc2OC)c1. The Morgan fingerprint density at radius 3 is 2.22 bits per heavy atom. The first-order valence-electron chi connectivity index (χ1n) is 11.5. The molecule has 1 aliphatic rings. The van der Waals surface area contributed by atoms with Gasteiger partial charge in [-0.15, -0.1) is 0 Å². The van der Waals surface area contributed by atoms with Crippen molar-refractivity contribution in [3.05, 3.63) is 94.0 Å². The van der Waals surface area contributed by atoms with Crippen LogP contribution in [-0.4, -0.2) is 31.0 Å². The molecule has 0 saturated carbocycles. The van der Waals surface area contributed by atoms with Crippen LogP contribution in [0.2, 0.25) is 5.02 Å². The fourth-order valence-corrected chi connectivity index (χ4v) is 4.57. The number of carbonyl (C=O) groups excluding carboxylic acids is 2. The number of aliphatic hydroxyl groups excluding tert-OH is 1. The molecule has 1 aliphatic heterocycles. The van der Waals surface area contributed by atoms with E-state index in [-0.39, 0.29) is 27.3 Å². The first-order chi connectivity index (χ1) is 17.1. The van der Waals surface area contributed by atoms with Crippen LogP contribution in [0.1, 0.15) is 43.5 Å². The highest BCUT2D eigenvalue weighted by Gasteiger charge is 2.48. The summed E-state index contributed by atoms with van der Waals surface area (Å²) in [6.07, 6.45) is 0. The topological polar surface area (TPSA) is 76.1 Å². The standard InChI is InChI=1S/C29H28ClNO5/c1-29(2,3)17-10-12-18(13-11-17)31-25(20-8-6-7-9-23(20)36-5)24(27(33)28(31)34)26(32)21-16-19(35-4)14-15-22(21)30/h6-16,25,32H,1-5H3/b26-24+. The molecular formula is C29H28ClNO5. The number of amides is 1. The lowest BCUT2D eigenvalue weighted by atomic mass is 9.87. The minimum atomic E-state index is -0.941. The number of ether oxygens (including phenoxy) is 2. The third-order valence-corrected chi connectivity index (χ3v) is 6.65. The predicted octanol–water partition coefficient (Wildman–Crippen LogP) is 6.28. The van der Waals surface area contributed by atoms with Crippen molar-refractivity contribution in [1.29, 1.82) is 0 Å². The largest absolute Gasteiger partial charge is 0.507 e. The first kappa shape index (κ1) is 25.3. The van der Waals surface area contributed by atoms with E-state index in [9.17, 15) is 14.7 Å². The van der Waals surface area contributed by atoms with Gasteiger partial charge in [0, 0.05) is 16.8 Å². The zero-order valence-corrected chi connectivity index (χ0v) is 21.6. The number of aliphatic hydroxyl groups is 1. The van der Waals surface area contributed by atoms with Crippen LogP contribution in [0.4, 0.5) is 5.69 Å². The van der Waals surface area contributed by atoms with Gasteiger partial charge in [-0.1, -0.05) is 62.7 Å². The van der Waals surface area contributed by atoms with E-state index in [1.54, 1.807) is 36.4 Å². The van der Waals surface area contributed by atoms with Crippen LogP contribution >= 0.6 is 11.6 Å². The first-order valence-corrected chi connectivity index (χ1v) is 11.8. The highest BCUT2D eigenvalue weighted by molar-refractivity contribution is 6.52. The van der Waals surface area contributed by atoms with E-state index in [0.717, 1.165) is 5.56 Å². The molecule has 3 aromatic carbocycles. The maximum atomic E-state index is 13.5. The van der Waals surface area contributed by atoms with Gasteiger partial charge in [0.05, 0.1) is 30.9 Å². The monoisotopic (exact) mass is 505 g/mol. The molecule has 1 unspecified atom stereocenters. The molecule has 4 rings (SSSR count). The van der Waals surface area contributed by atoms with Crippen molar-refractivity contribution in [3.63, 3.8) is 0 Å². The Morgan fingerprint density at radius 2 is 1.61 bits per heavy atom. The van der Waals surface area contributed by atoms with Gasteiger partial charge in [-0.25, -0.2) is 0 Å². The molecule has 6 nitrogen and oxygen atoms in total. The Morgan fingerprint density at radius 1 is 0.944 bits per heavy atom. The molecule has 1 N–H and O–H groups in total. The van der Waals surface area contributed by atoms with Crippen LogP contribution in [0.5, 0.6) is 11.5 Å². The summed E-state index contributed by atoms with van der Waals surface area (Å²) in [7, 11) is 3.00. The third kappa shape index (κ3) is 4.44. The molecule has 0 bridgehead atoms. The fourth-order valence-electron chi connectivity index (χ4n) is 4.37. The second-order valence-electron chi connectivity index (χ2n) is 9.55. The minimum Gasteiger partial charge on any atom is -0.507 e. The average molecular weight is 506 g/mol. The Kier molecular flexibility index (Phi) is 6.83. The van der Waals surface area contributed by atoms with E-state index in [4.69, 9.17) is 21.1 Å². The molecule has 0 aliphatic carbocycles. The van der Waals surface area contributed by atoms with E-state index in [1.807, 2.05) is 24.3 Å². The van der Waals surface area contributed by atoms with E-state index < -0.39 is 17.7 Å². The number of halogens is 1. The number of Topliss-reactive ketones (excluding diaryl/α,β-unsaturated/α-hetero) is 1. The van der Waals surface area contributed by atoms with E-state index in [0.29, 0.717) is 22.7 Å². The predicted molar refractivity (Wildman–Crippen MR) is 141 cm³/mol. The molecule has 186 valence electrons. The maximum absolute atomic E-state index is 13.5. The summed E-state index contributed by atoms with van der Waals surface area (Å²) < 4.78 is 10.8. The number of hydrogen-bond acceptors (Lipinski definition) is 5.